The van der Waals surface area contributed by atoms with E-state index in [1.165, 1.54) is 10.5 Å². The maximum atomic E-state index is 12.3. The highest BCUT2D eigenvalue weighted by atomic mass is 32.2. The van der Waals surface area contributed by atoms with E-state index in [1.54, 1.807) is 0 Å². The van der Waals surface area contributed by atoms with Gasteiger partial charge in [-0.15, -0.1) is 11.8 Å². The maximum Gasteiger partial charge on any atom is 0.410 e. The number of thioether (sulfide) groups is 1. The lowest BCUT2D eigenvalue weighted by Crippen LogP contribution is -2.42. The Morgan fingerprint density at radius 2 is 2.09 bits per heavy atom. The van der Waals surface area contributed by atoms with E-state index in [2.05, 4.69) is 29.6 Å². The minimum absolute atomic E-state index is 0.178. The summed E-state index contributed by atoms with van der Waals surface area (Å²) < 4.78 is 5.54. The van der Waals surface area contributed by atoms with Crippen molar-refractivity contribution in [2.45, 2.75) is 56.2 Å². The molecule has 0 bridgehead atoms. The van der Waals surface area contributed by atoms with Gasteiger partial charge in [-0.3, -0.25) is 0 Å². The highest BCUT2D eigenvalue weighted by molar-refractivity contribution is 7.99. The first-order valence-corrected chi connectivity index (χ1v) is 9.37. The molecule has 1 fully saturated rings. The number of carbonyl (C=O) groups excluding carboxylic acids is 1. The molecular weight excluding hydrogens is 308 g/mol. The SMILES string of the molecule is CC(C)(C)OC(=O)N(CCNC1CSc2ccccc21)C1CC1. The Hall–Kier alpha value is -1.20. The van der Waals surface area contributed by atoms with Crippen LogP contribution in [0.4, 0.5) is 4.79 Å². The smallest absolute Gasteiger partial charge is 0.410 e. The van der Waals surface area contributed by atoms with Gasteiger partial charge in [-0.25, -0.2) is 4.79 Å². The number of amides is 1. The number of rotatable bonds is 5. The molecule has 0 saturated heterocycles. The molecule has 23 heavy (non-hydrogen) atoms. The molecule has 0 spiro atoms. The molecule has 1 unspecified atom stereocenters. The highest BCUT2D eigenvalue weighted by Crippen LogP contribution is 2.37. The molecule has 5 heteroatoms. The van der Waals surface area contributed by atoms with Crippen LogP contribution < -0.4 is 5.32 Å². The molecule has 1 atom stereocenters. The summed E-state index contributed by atoms with van der Waals surface area (Å²) in [4.78, 5) is 15.6. The van der Waals surface area contributed by atoms with Gasteiger partial charge in [0.2, 0.25) is 0 Å². The lowest BCUT2D eigenvalue weighted by Gasteiger charge is -2.28. The number of nitrogens with one attached hydrogen (secondary N) is 1. The Balaban J connectivity index is 1.51. The molecule has 0 radical (unpaired) electrons. The second-order valence-electron chi connectivity index (χ2n) is 7.26. The molecule has 1 aliphatic carbocycles. The Morgan fingerprint density at radius 3 is 2.78 bits per heavy atom. The summed E-state index contributed by atoms with van der Waals surface area (Å²) in [5.41, 5.74) is 0.950. The molecule has 1 N–H and O–H groups in total. The van der Waals surface area contributed by atoms with E-state index in [4.69, 9.17) is 4.74 Å². The molecule has 1 amide bonds. The lowest BCUT2D eigenvalue weighted by molar-refractivity contribution is 0.0235. The highest BCUT2D eigenvalue weighted by Gasteiger charge is 2.35. The second kappa shape index (κ2) is 6.73. The van der Waals surface area contributed by atoms with Gasteiger partial charge in [0.1, 0.15) is 5.60 Å². The quantitative estimate of drug-likeness (QED) is 0.889. The van der Waals surface area contributed by atoms with Crippen LogP contribution in [0.3, 0.4) is 0 Å². The molecule has 1 aromatic rings. The average Bonchev–Trinajstić information content (AvgIpc) is 3.22. The van der Waals surface area contributed by atoms with Crippen LogP contribution in [0.5, 0.6) is 0 Å². The zero-order valence-electron chi connectivity index (χ0n) is 14.2. The van der Waals surface area contributed by atoms with Crippen molar-refractivity contribution in [2.24, 2.45) is 0 Å². The van der Waals surface area contributed by atoms with Crippen molar-refractivity contribution in [1.29, 1.82) is 0 Å². The van der Waals surface area contributed by atoms with Crippen molar-refractivity contribution in [3.63, 3.8) is 0 Å². The van der Waals surface area contributed by atoms with E-state index in [0.29, 0.717) is 18.6 Å². The standard InChI is InChI=1S/C18H26N2O2S/c1-18(2,3)22-17(21)20(13-8-9-13)11-10-19-15-12-23-16-7-5-4-6-14(15)16/h4-7,13,15,19H,8-12H2,1-3H3. The first kappa shape index (κ1) is 16.7. The minimum Gasteiger partial charge on any atom is -0.444 e. The van der Waals surface area contributed by atoms with E-state index < -0.39 is 5.60 Å². The summed E-state index contributed by atoms with van der Waals surface area (Å²) in [7, 11) is 0. The average molecular weight is 334 g/mol. The van der Waals surface area contributed by atoms with Crippen LogP contribution in [0.15, 0.2) is 29.2 Å². The van der Waals surface area contributed by atoms with E-state index in [-0.39, 0.29) is 6.09 Å². The molecule has 1 aliphatic heterocycles. The number of fused-ring (bicyclic) bond motifs is 1. The Labute approximate surface area is 143 Å². The minimum atomic E-state index is -0.432. The fourth-order valence-electron chi connectivity index (χ4n) is 2.82. The molecule has 0 aromatic heterocycles. The Kier molecular flexibility index (Phi) is 4.87. The van der Waals surface area contributed by atoms with Gasteiger partial charge in [0.05, 0.1) is 0 Å². The van der Waals surface area contributed by atoms with Gasteiger partial charge in [-0.2, -0.15) is 0 Å². The van der Waals surface area contributed by atoms with Gasteiger partial charge < -0.3 is 15.0 Å². The number of hydrogen-bond acceptors (Lipinski definition) is 4. The molecule has 2 aliphatic rings. The number of ether oxygens (including phenoxy) is 1. The number of benzene rings is 1. The van der Waals surface area contributed by atoms with Crippen molar-refractivity contribution in [2.75, 3.05) is 18.8 Å². The molecule has 1 aromatic carbocycles. The van der Waals surface area contributed by atoms with Gasteiger partial charge in [0, 0.05) is 35.8 Å². The summed E-state index contributed by atoms with van der Waals surface area (Å²) in [5, 5.41) is 3.60. The summed E-state index contributed by atoms with van der Waals surface area (Å²) in [6, 6.07) is 9.31. The van der Waals surface area contributed by atoms with Gasteiger partial charge in [0.25, 0.3) is 0 Å². The van der Waals surface area contributed by atoms with E-state index in [0.717, 1.165) is 25.1 Å². The van der Waals surface area contributed by atoms with Gasteiger partial charge in [0.15, 0.2) is 0 Å². The summed E-state index contributed by atoms with van der Waals surface area (Å²) in [5.74, 6) is 1.06. The van der Waals surface area contributed by atoms with Crippen LogP contribution in [0.2, 0.25) is 0 Å². The number of nitrogens with zero attached hydrogens (tertiary/aromatic N) is 1. The number of carbonyl (C=O) groups is 1. The fourth-order valence-corrected chi connectivity index (χ4v) is 4.02. The molecule has 4 nitrogen and oxygen atoms in total. The summed E-state index contributed by atoms with van der Waals surface area (Å²) in [6.45, 7) is 7.26. The molecule has 1 saturated carbocycles. The Morgan fingerprint density at radius 1 is 1.35 bits per heavy atom. The molecule has 1 heterocycles. The first-order valence-electron chi connectivity index (χ1n) is 8.39. The van der Waals surface area contributed by atoms with Crippen molar-refractivity contribution < 1.29 is 9.53 Å². The van der Waals surface area contributed by atoms with Gasteiger partial charge in [-0.1, -0.05) is 18.2 Å². The monoisotopic (exact) mass is 334 g/mol. The zero-order chi connectivity index (χ0) is 16.4. The third-order valence-corrected chi connectivity index (χ3v) is 5.24. The van der Waals surface area contributed by atoms with Gasteiger partial charge >= 0.3 is 6.09 Å². The second-order valence-corrected chi connectivity index (χ2v) is 8.32. The van der Waals surface area contributed by atoms with E-state index in [9.17, 15) is 4.79 Å². The van der Waals surface area contributed by atoms with Crippen LogP contribution in [0.25, 0.3) is 0 Å². The Bertz CT molecular complexity index is 566. The third kappa shape index (κ3) is 4.42. The largest absolute Gasteiger partial charge is 0.444 e. The van der Waals surface area contributed by atoms with Crippen molar-refractivity contribution >= 4 is 17.9 Å². The maximum absolute atomic E-state index is 12.3. The molecule has 126 valence electrons. The van der Waals surface area contributed by atoms with E-state index >= 15 is 0 Å². The first-order chi connectivity index (χ1) is 10.9. The van der Waals surface area contributed by atoms with Crippen LogP contribution in [-0.4, -0.2) is 41.5 Å². The van der Waals surface area contributed by atoms with Crippen molar-refractivity contribution in [1.82, 2.24) is 10.2 Å². The lowest BCUT2D eigenvalue weighted by atomic mass is 10.1. The summed E-state index contributed by atoms with van der Waals surface area (Å²) in [6.07, 6.45) is 2.02. The predicted molar refractivity (Wildman–Crippen MR) is 93.9 cm³/mol. The van der Waals surface area contributed by atoms with Crippen LogP contribution >= 0.6 is 11.8 Å². The van der Waals surface area contributed by atoms with Crippen LogP contribution in [0.1, 0.15) is 45.2 Å². The van der Waals surface area contributed by atoms with Crippen LogP contribution in [-0.2, 0) is 4.74 Å². The van der Waals surface area contributed by atoms with Gasteiger partial charge in [-0.05, 0) is 45.2 Å². The van der Waals surface area contributed by atoms with Crippen molar-refractivity contribution in [3.8, 4) is 0 Å². The number of hydrogen-bond donors (Lipinski definition) is 1. The van der Waals surface area contributed by atoms with Crippen LogP contribution in [0, 0.1) is 0 Å². The fraction of sp³-hybridized carbons (Fsp3) is 0.611. The van der Waals surface area contributed by atoms with Crippen molar-refractivity contribution in [3.05, 3.63) is 29.8 Å². The predicted octanol–water partition coefficient (Wildman–Crippen LogP) is 3.82. The molecular formula is C18H26N2O2S. The zero-order valence-corrected chi connectivity index (χ0v) is 15.0. The normalized spacial score (nSPS) is 20.2. The third-order valence-electron chi connectivity index (χ3n) is 4.06. The summed E-state index contributed by atoms with van der Waals surface area (Å²) >= 11 is 1.90. The topological polar surface area (TPSA) is 41.6 Å². The molecule has 3 rings (SSSR count). The van der Waals surface area contributed by atoms with E-state index in [1.807, 2.05) is 37.4 Å².